The van der Waals surface area contributed by atoms with E-state index in [1.54, 1.807) is 12.1 Å². The van der Waals surface area contributed by atoms with Gasteiger partial charge in [-0.15, -0.1) is 0 Å². The monoisotopic (exact) mass is 269 g/mol. The third-order valence-electron chi connectivity index (χ3n) is 2.67. The van der Waals surface area contributed by atoms with Crippen LogP contribution in [0.1, 0.15) is 23.3 Å². The Kier molecular flexibility index (Phi) is 4.38. The van der Waals surface area contributed by atoms with Gasteiger partial charge in [-0.2, -0.15) is 0 Å². The maximum absolute atomic E-state index is 11.8. The minimum atomic E-state index is -0.331. The van der Waals surface area contributed by atoms with Crippen molar-refractivity contribution < 1.29 is 9.53 Å². The van der Waals surface area contributed by atoms with Crippen molar-refractivity contribution >= 4 is 23.3 Å². The molecule has 98 valence electrons. The van der Waals surface area contributed by atoms with Gasteiger partial charge in [0.25, 0.3) is 5.91 Å². The summed E-state index contributed by atoms with van der Waals surface area (Å²) in [4.78, 5) is 15.7. The molecule has 18 heavy (non-hydrogen) atoms. The molecule has 0 radical (unpaired) electrons. The zero-order chi connectivity index (χ0) is 13.0. The fourth-order valence-electron chi connectivity index (χ4n) is 1.47. The highest BCUT2D eigenvalue weighted by Gasteiger charge is 2.21. The van der Waals surface area contributed by atoms with Gasteiger partial charge in [-0.3, -0.25) is 4.79 Å². The molecule has 5 nitrogen and oxygen atoms in total. The number of carbonyl (C=O) groups excluding carboxylic acids is 1. The Hall–Kier alpha value is -1.33. The van der Waals surface area contributed by atoms with E-state index in [0.717, 1.165) is 12.5 Å². The Morgan fingerprint density at radius 2 is 2.33 bits per heavy atom. The number of rotatable bonds is 6. The van der Waals surface area contributed by atoms with Crippen LogP contribution in [-0.4, -0.2) is 30.6 Å². The minimum Gasteiger partial charge on any atom is -0.384 e. The molecule has 0 spiro atoms. The van der Waals surface area contributed by atoms with Crippen LogP contribution < -0.4 is 11.1 Å². The van der Waals surface area contributed by atoms with Gasteiger partial charge in [-0.1, -0.05) is 11.6 Å². The van der Waals surface area contributed by atoms with Crippen LogP contribution in [0.2, 0.25) is 5.02 Å². The highest BCUT2D eigenvalue weighted by Crippen LogP contribution is 2.28. The summed E-state index contributed by atoms with van der Waals surface area (Å²) in [5.74, 6) is 0.669. The van der Waals surface area contributed by atoms with Gasteiger partial charge in [0.2, 0.25) is 0 Å². The average Bonchev–Trinajstić information content (AvgIpc) is 3.15. The lowest BCUT2D eigenvalue weighted by atomic mass is 10.3. The van der Waals surface area contributed by atoms with E-state index in [1.807, 2.05) is 0 Å². The van der Waals surface area contributed by atoms with Gasteiger partial charge in [0.1, 0.15) is 11.5 Å². The van der Waals surface area contributed by atoms with Crippen molar-refractivity contribution in [2.24, 2.45) is 5.92 Å². The number of nitrogens with zero attached hydrogens (tertiary/aromatic N) is 1. The van der Waals surface area contributed by atoms with Crippen LogP contribution in [0.4, 0.5) is 5.82 Å². The Balaban J connectivity index is 1.74. The van der Waals surface area contributed by atoms with Crippen LogP contribution in [0, 0.1) is 5.92 Å². The number of nitrogen functional groups attached to an aromatic ring is 1. The lowest BCUT2D eigenvalue weighted by Crippen LogP contribution is -2.28. The van der Waals surface area contributed by atoms with Crippen LogP contribution in [-0.2, 0) is 4.74 Å². The van der Waals surface area contributed by atoms with Gasteiger partial charge >= 0.3 is 0 Å². The Bertz CT molecular complexity index is 435. The molecule has 1 amide bonds. The molecule has 0 aromatic carbocycles. The summed E-state index contributed by atoms with van der Waals surface area (Å²) in [7, 11) is 0. The minimum absolute atomic E-state index is 0.152. The van der Waals surface area contributed by atoms with Crippen molar-refractivity contribution in [1.82, 2.24) is 10.3 Å². The fraction of sp³-hybridized carbons (Fsp3) is 0.500. The quantitative estimate of drug-likeness (QED) is 0.767. The van der Waals surface area contributed by atoms with E-state index in [-0.39, 0.29) is 17.4 Å². The molecule has 0 aliphatic heterocycles. The van der Waals surface area contributed by atoms with Crippen molar-refractivity contribution in [2.75, 3.05) is 25.5 Å². The molecule has 1 aliphatic rings. The molecule has 0 bridgehead atoms. The normalized spacial score (nSPS) is 14.5. The molecule has 0 saturated heterocycles. The molecule has 1 aromatic heterocycles. The molecule has 1 heterocycles. The first-order chi connectivity index (χ1) is 8.66. The third kappa shape index (κ3) is 3.85. The lowest BCUT2D eigenvalue weighted by Gasteiger charge is -2.07. The van der Waals surface area contributed by atoms with Crippen molar-refractivity contribution in [3.63, 3.8) is 0 Å². The first-order valence-electron chi connectivity index (χ1n) is 5.95. The van der Waals surface area contributed by atoms with Gasteiger partial charge in [-0.05, 0) is 30.9 Å². The van der Waals surface area contributed by atoms with Gasteiger partial charge in [-0.25, -0.2) is 4.98 Å². The summed E-state index contributed by atoms with van der Waals surface area (Å²) < 4.78 is 5.40. The lowest BCUT2D eigenvalue weighted by molar-refractivity contribution is 0.0902. The summed E-state index contributed by atoms with van der Waals surface area (Å²) in [6.07, 6.45) is 2.52. The zero-order valence-corrected chi connectivity index (χ0v) is 10.7. The smallest absolute Gasteiger partial charge is 0.271 e. The summed E-state index contributed by atoms with van der Waals surface area (Å²) in [6.45, 7) is 1.73. The summed E-state index contributed by atoms with van der Waals surface area (Å²) in [5.41, 5.74) is 5.66. The predicted octanol–water partition coefficient (Wildman–Crippen LogP) is 1.47. The van der Waals surface area contributed by atoms with E-state index < -0.39 is 0 Å². The maximum Gasteiger partial charge on any atom is 0.271 e. The summed E-state index contributed by atoms with van der Waals surface area (Å²) in [6, 6.07) is 3.11. The second-order valence-electron chi connectivity index (χ2n) is 4.34. The number of nitrogens with two attached hydrogens (primary N) is 1. The fourth-order valence-corrected chi connectivity index (χ4v) is 1.66. The first kappa shape index (κ1) is 13.1. The molecule has 6 heteroatoms. The molecule has 1 fully saturated rings. The number of hydrogen-bond acceptors (Lipinski definition) is 4. The SMILES string of the molecule is Nc1ccc(Cl)c(C(=O)NCCOCC2CC2)n1. The van der Waals surface area contributed by atoms with E-state index in [2.05, 4.69) is 10.3 Å². The predicted molar refractivity (Wildman–Crippen MR) is 69.5 cm³/mol. The van der Waals surface area contributed by atoms with E-state index in [1.165, 1.54) is 12.8 Å². The zero-order valence-electron chi connectivity index (χ0n) is 9.99. The molecule has 1 aromatic rings. The molecular formula is C12H16ClN3O2. The van der Waals surface area contributed by atoms with Crippen LogP contribution in [0.5, 0.6) is 0 Å². The second-order valence-corrected chi connectivity index (χ2v) is 4.75. The van der Waals surface area contributed by atoms with Gasteiger partial charge < -0.3 is 15.8 Å². The molecule has 1 aliphatic carbocycles. The van der Waals surface area contributed by atoms with Crippen molar-refractivity contribution in [2.45, 2.75) is 12.8 Å². The number of ether oxygens (including phenoxy) is 1. The largest absolute Gasteiger partial charge is 0.384 e. The number of aromatic nitrogens is 1. The molecule has 2 rings (SSSR count). The number of amides is 1. The topological polar surface area (TPSA) is 77.2 Å². The number of nitrogens with one attached hydrogen (secondary N) is 1. The Labute approximate surface area is 111 Å². The highest BCUT2D eigenvalue weighted by atomic mass is 35.5. The Morgan fingerprint density at radius 3 is 3.06 bits per heavy atom. The summed E-state index contributed by atoms with van der Waals surface area (Å²) in [5, 5.41) is 2.99. The van der Waals surface area contributed by atoms with Crippen molar-refractivity contribution in [1.29, 1.82) is 0 Å². The van der Waals surface area contributed by atoms with Gasteiger partial charge in [0.05, 0.1) is 11.6 Å². The summed E-state index contributed by atoms with van der Waals surface area (Å²) >= 11 is 5.87. The molecule has 3 N–H and O–H groups in total. The van der Waals surface area contributed by atoms with Crippen molar-refractivity contribution in [3.05, 3.63) is 22.8 Å². The Morgan fingerprint density at radius 1 is 1.56 bits per heavy atom. The number of anilines is 1. The van der Waals surface area contributed by atoms with Crippen LogP contribution >= 0.6 is 11.6 Å². The van der Waals surface area contributed by atoms with Crippen LogP contribution in [0.25, 0.3) is 0 Å². The van der Waals surface area contributed by atoms with Crippen LogP contribution in [0.3, 0.4) is 0 Å². The molecular weight excluding hydrogens is 254 g/mol. The van der Waals surface area contributed by atoms with Gasteiger partial charge in [0.15, 0.2) is 0 Å². The molecule has 0 unspecified atom stereocenters. The number of hydrogen-bond donors (Lipinski definition) is 2. The van der Waals surface area contributed by atoms with E-state index in [4.69, 9.17) is 22.1 Å². The average molecular weight is 270 g/mol. The third-order valence-corrected chi connectivity index (χ3v) is 2.97. The maximum atomic E-state index is 11.8. The highest BCUT2D eigenvalue weighted by molar-refractivity contribution is 6.33. The van der Waals surface area contributed by atoms with Crippen LogP contribution in [0.15, 0.2) is 12.1 Å². The van der Waals surface area contributed by atoms with E-state index >= 15 is 0 Å². The standard InChI is InChI=1S/C12H16ClN3O2/c13-9-3-4-10(14)16-11(9)12(17)15-5-6-18-7-8-1-2-8/h3-4,8H,1-2,5-7H2,(H2,14,16)(H,15,17). The second kappa shape index (κ2) is 6.02. The number of pyridine rings is 1. The number of carbonyl (C=O) groups is 1. The number of halogens is 1. The molecule has 0 atom stereocenters. The van der Waals surface area contributed by atoms with Crippen molar-refractivity contribution in [3.8, 4) is 0 Å². The van der Waals surface area contributed by atoms with E-state index in [9.17, 15) is 4.79 Å². The van der Waals surface area contributed by atoms with Gasteiger partial charge in [0, 0.05) is 13.2 Å². The van der Waals surface area contributed by atoms with E-state index in [0.29, 0.717) is 18.2 Å². The molecule has 1 saturated carbocycles. The first-order valence-corrected chi connectivity index (χ1v) is 6.32.